The van der Waals surface area contributed by atoms with Crippen molar-refractivity contribution in [3.63, 3.8) is 0 Å². The maximum atomic E-state index is 11.4. The molecule has 0 bridgehead atoms. The largest absolute Gasteiger partial charge is 0.338 e. The predicted molar refractivity (Wildman–Crippen MR) is 76.2 cm³/mol. The molecule has 0 spiro atoms. The Labute approximate surface area is 122 Å². The SMILES string of the molecule is Cc1cnccc1-c1noc(CNC2CCS(=O)(=O)C2)n1. The van der Waals surface area contributed by atoms with E-state index in [-0.39, 0.29) is 17.5 Å². The van der Waals surface area contributed by atoms with E-state index < -0.39 is 9.84 Å². The maximum absolute atomic E-state index is 11.4. The van der Waals surface area contributed by atoms with Crippen molar-refractivity contribution in [1.29, 1.82) is 0 Å². The molecule has 0 saturated carbocycles. The fourth-order valence-corrected chi connectivity index (χ4v) is 4.06. The lowest BCUT2D eigenvalue weighted by molar-refractivity contribution is 0.360. The zero-order valence-corrected chi connectivity index (χ0v) is 12.4. The number of hydrogen-bond acceptors (Lipinski definition) is 7. The average Bonchev–Trinajstić information content (AvgIpc) is 3.03. The molecule has 8 heteroatoms. The fraction of sp³-hybridized carbons (Fsp3) is 0.462. The lowest BCUT2D eigenvalue weighted by Crippen LogP contribution is -2.29. The Bertz CT molecular complexity index is 741. The number of pyridine rings is 1. The topological polar surface area (TPSA) is 98.0 Å². The Morgan fingerprint density at radius 2 is 2.33 bits per heavy atom. The monoisotopic (exact) mass is 308 g/mol. The van der Waals surface area contributed by atoms with E-state index in [0.29, 0.717) is 24.7 Å². The number of aryl methyl sites for hydroxylation is 1. The fourth-order valence-electron chi connectivity index (χ4n) is 2.35. The highest BCUT2D eigenvalue weighted by Gasteiger charge is 2.27. The van der Waals surface area contributed by atoms with Gasteiger partial charge in [-0.05, 0) is 25.0 Å². The molecular formula is C13H16N4O3S. The van der Waals surface area contributed by atoms with Crippen molar-refractivity contribution in [3.8, 4) is 11.4 Å². The van der Waals surface area contributed by atoms with Crippen molar-refractivity contribution in [2.75, 3.05) is 11.5 Å². The van der Waals surface area contributed by atoms with Gasteiger partial charge in [-0.2, -0.15) is 4.98 Å². The van der Waals surface area contributed by atoms with Gasteiger partial charge < -0.3 is 9.84 Å². The first-order valence-electron chi connectivity index (χ1n) is 6.71. The summed E-state index contributed by atoms with van der Waals surface area (Å²) in [5.74, 6) is 1.39. The van der Waals surface area contributed by atoms with Crippen LogP contribution in [0.25, 0.3) is 11.4 Å². The number of hydrogen-bond donors (Lipinski definition) is 1. The first-order chi connectivity index (χ1) is 10.0. The molecule has 1 aliphatic heterocycles. The minimum atomic E-state index is -2.88. The van der Waals surface area contributed by atoms with Gasteiger partial charge in [0.2, 0.25) is 11.7 Å². The number of aromatic nitrogens is 3. The highest BCUT2D eigenvalue weighted by atomic mass is 32.2. The van der Waals surface area contributed by atoms with E-state index in [1.54, 1.807) is 12.4 Å². The highest BCUT2D eigenvalue weighted by molar-refractivity contribution is 7.91. The number of sulfone groups is 1. The third-order valence-electron chi connectivity index (χ3n) is 3.50. The molecule has 1 unspecified atom stereocenters. The van der Waals surface area contributed by atoms with Crippen LogP contribution in [-0.4, -0.2) is 41.1 Å². The molecule has 2 aromatic heterocycles. The van der Waals surface area contributed by atoms with Gasteiger partial charge in [0.05, 0.1) is 18.1 Å². The van der Waals surface area contributed by atoms with Crippen molar-refractivity contribution in [3.05, 3.63) is 29.9 Å². The molecule has 112 valence electrons. The van der Waals surface area contributed by atoms with E-state index in [1.165, 1.54) is 0 Å². The Balaban J connectivity index is 1.65. The summed E-state index contributed by atoms with van der Waals surface area (Å²) in [6, 6.07) is 1.80. The molecule has 2 aromatic rings. The lowest BCUT2D eigenvalue weighted by atomic mass is 10.1. The van der Waals surface area contributed by atoms with Crippen LogP contribution < -0.4 is 5.32 Å². The second-order valence-corrected chi connectivity index (χ2v) is 7.41. The molecule has 3 rings (SSSR count). The van der Waals surface area contributed by atoms with Crippen LogP contribution in [0, 0.1) is 6.92 Å². The Morgan fingerprint density at radius 1 is 1.48 bits per heavy atom. The van der Waals surface area contributed by atoms with Crippen LogP contribution in [0.4, 0.5) is 0 Å². The van der Waals surface area contributed by atoms with E-state index in [2.05, 4.69) is 20.4 Å². The molecule has 0 aromatic carbocycles. The molecular weight excluding hydrogens is 292 g/mol. The van der Waals surface area contributed by atoms with Gasteiger partial charge >= 0.3 is 0 Å². The van der Waals surface area contributed by atoms with Crippen LogP contribution >= 0.6 is 0 Å². The number of nitrogens with zero attached hydrogens (tertiary/aromatic N) is 3. The van der Waals surface area contributed by atoms with Gasteiger partial charge in [0.1, 0.15) is 0 Å². The molecule has 1 N–H and O–H groups in total. The molecule has 21 heavy (non-hydrogen) atoms. The van der Waals surface area contributed by atoms with Crippen LogP contribution in [0.15, 0.2) is 23.0 Å². The van der Waals surface area contributed by atoms with Gasteiger partial charge in [-0.25, -0.2) is 8.42 Å². The predicted octanol–water partition coefficient (Wildman–Crippen LogP) is 0.717. The van der Waals surface area contributed by atoms with E-state index in [0.717, 1.165) is 11.1 Å². The summed E-state index contributed by atoms with van der Waals surface area (Å²) >= 11 is 0. The smallest absolute Gasteiger partial charge is 0.240 e. The lowest BCUT2D eigenvalue weighted by Gasteiger charge is -2.07. The average molecular weight is 308 g/mol. The minimum absolute atomic E-state index is 0.0342. The van der Waals surface area contributed by atoms with Crippen LogP contribution in [0.5, 0.6) is 0 Å². The normalized spacial score (nSPS) is 20.7. The Morgan fingerprint density at radius 3 is 3.05 bits per heavy atom. The Kier molecular flexibility index (Phi) is 3.73. The van der Waals surface area contributed by atoms with E-state index in [1.807, 2.05) is 13.0 Å². The third-order valence-corrected chi connectivity index (χ3v) is 5.27. The summed E-state index contributed by atoms with van der Waals surface area (Å²) in [6.07, 6.45) is 4.06. The van der Waals surface area contributed by atoms with Crippen LogP contribution in [0.1, 0.15) is 17.9 Å². The van der Waals surface area contributed by atoms with E-state index in [4.69, 9.17) is 4.52 Å². The van der Waals surface area contributed by atoms with Gasteiger partial charge in [0.15, 0.2) is 9.84 Å². The summed E-state index contributed by atoms with van der Waals surface area (Å²) in [4.78, 5) is 8.35. The zero-order valence-electron chi connectivity index (χ0n) is 11.6. The van der Waals surface area contributed by atoms with Gasteiger partial charge in [-0.15, -0.1) is 0 Å². The molecule has 0 radical (unpaired) electrons. The molecule has 1 fully saturated rings. The second-order valence-electron chi connectivity index (χ2n) is 5.18. The van der Waals surface area contributed by atoms with Crippen molar-refractivity contribution < 1.29 is 12.9 Å². The molecule has 1 aliphatic rings. The molecule has 7 nitrogen and oxygen atoms in total. The van der Waals surface area contributed by atoms with Crippen LogP contribution in [0.3, 0.4) is 0 Å². The molecule has 0 amide bonds. The van der Waals surface area contributed by atoms with Crippen molar-refractivity contribution in [1.82, 2.24) is 20.4 Å². The molecule has 0 aliphatic carbocycles. The van der Waals surface area contributed by atoms with Gasteiger partial charge in [0, 0.05) is 24.0 Å². The Hall–Kier alpha value is -1.80. The van der Waals surface area contributed by atoms with Crippen molar-refractivity contribution in [2.24, 2.45) is 0 Å². The minimum Gasteiger partial charge on any atom is -0.338 e. The first-order valence-corrected chi connectivity index (χ1v) is 8.53. The van der Waals surface area contributed by atoms with E-state index in [9.17, 15) is 8.42 Å². The zero-order chi connectivity index (χ0) is 14.9. The van der Waals surface area contributed by atoms with Gasteiger partial charge in [-0.3, -0.25) is 4.98 Å². The summed E-state index contributed by atoms with van der Waals surface area (Å²) in [7, 11) is -2.88. The van der Waals surface area contributed by atoms with Gasteiger partial charge in [-0.1, -0.05) is 5.16 Å². The molecule has 1 atom stereocenters. The highest BCUT2D eigenvalue weighted by Crippen LogP contribution is 2.19. The number of nitrogens with one attached hydrogen (secondary N) is 1. The molecule has 1 saturated heterocycles. The summed E-state index contributed by atoms with van der Waals surface area (Å²) in [5, 5.41) is 7.09. The van der Waals surface area contributed by atoms with Crippen molar-refractivity contribution >= 4 is 9.84 Å². The van der Waals surface area contributed by atoms with Crippen LogP contribution in [0.2, 0.25) is 0 Å². The molecule has 3 heterocycles. The standard InChI is InChI=1S/C13H16N4O3S/c1-9-6-14-4-2-11(9)13-16-12(20-17-13)7-15-10-3-5-21(18,19)8-10/h2,4,6,10,15H,3,5,7-8H2,1H3. The van der Waals surface area contributed by atoms with Crippen LogP contribution in [-0.2, 0) is 16.4 Å². The third kappa shape index (κ3) is 3.27. The maximum Gasteiger partial charge on any atom is 0.240 e. The number of rotatable bonds is 4. The summed E-state index contributed by atoms with van der Waals surface area (Å²) in [6.45, 7) is 2.30. The second kappa shape index (κ2) is 5.53. The van der Waals surface area contributed by atoms with Gasteiger partial charge in [0.25, 0.3) is 0 Å². The van der Waals surface area contributed by atoms with E-state index >= 15 is 0 Å². The van der Waals surface area contributed by atoms with Crippen molar-refractivity contribution in [2.45, 2.75) is 25.9 Å². The summed E-state index contributed by atoms with van der Waals surface area (Å²) < 4.78 is 28.0. The quantitative estimate of drug-likeness (QED) is 0.888. The summed E-state index contributed by atoms with van der Waals surface area (Å²) in [5.41, 5.74) is 1.85. The first kappa shape index (κ1) is 14.2.